The smallest absolute Gasteiger partial charge is 0.341 e. The molecule has 5 nitrogen and oxygen atoms in total. The van der Waals surface area contributed by atoms with Crippen LogP contribution < -0.4 is 5.73 Å². The molecular weight excluding hydrogens is 262 g/mol. The number of rotatable bonds is 3. The molecule has 0 unspecified atom stereocenters. The van der Waals surface area contributed by atoms with E-state index in [0.717, 1.165) is 6.20 Å². The summed E-state index contributed by atoms with van der Waals surface area (Å²) in [6.45, 7) is 2.01. The predicted molar refractivity (Wildman–Crippen MR) is 58.5 cm³/mol. The van der Waals surface area contributed by atoms with E-state index < -0.39 is 5.97 Å². The van der Waals surface area contributed by atoms with Crippen molar-refractivity contribution >= 4 is 27.5 Å². The number of hydrogen-bond acceptors (Lipinski definition) is 5. The van der Waals surface area contributed by atoms with Gasteiger partial charge in [-0.2, -0.15) is 0 Å². The minimum absolute atomic E-state index is 0.205. The highest BCUT2D eigenvalue weighted by atomic mass is 79.9. The molecule has 0 aromatic carbocycles. The van der Waals surface area contributed by atoms with Crippen molar-refractivity contribution in [2.45, 2.75) is 6.92 Å². The van der Waals surface area contributed by atoms with Crippen LogP contribution in [-0.4, -0.2) is 22.5 Å². The lowest BCUT2D eigenvalue weighted by Crippen LogP contribution is -2.09. The number of halogens is 1. The van der Waals surface area contributed by atoms with E-state index >= 15 is 0 Å². The Morgan fingerprint density at radius 2 is 2.33 bits per heavy atom. The summed E-state index contributed by atoms with van der Waals surface area (Å²) >= 11 is 3.14. The second kappa shape index (κ2) is 5.45. The molecule has 1 rings (SSSR count). The van der Waals surface area contributed by atoms with Crippen molar-refractivity contribution in [3.05, 3.63) is 28.9 Å². The third-order valence-corrected chi connectivity index (χ3v) is 1.97. The van der Waals surface area contributed by atoms with Crippen LogP contribution in [0.3, 0.4) is 0 Å². The Labute approximate surface area is 95.5 Å². The van der Waals surface area contributed by atoms with E-state index in [9.17, 15) is 4.79 Å². The molecule has 0 aliphatic carbocycles. The quantitative estimate of drug-likeness (QED) is 0.658. The van der Waals surface area contributed by atoms with Crippen LogP contribution in [0, 0.1) is 0 Å². The molecular formula is C9H10BrN3O2. The molecule has 0 atom stereocenters. The second-order valence-corrected chi connectivity index (χ2v) is 3.34. The molecule has 1 heterocycles. The Morgan fingerprint density at radius 1 is 1.60 bits per heavy atom. The van der Waals surface area contributed by atoms with Crippen LogP contribution in [0.25, 0.3) is 5.57 Å². The Kier molecular flexibility index (Phi) is 4.23. The van der Waals surface area contributed by atoms with Crippen LogP contribution in [0.4, 0.5) is 0 Å². The average Bonchev–Trinajstić information content (AvgIpc) is 2.22. The Balaban J connectivity index is 2.94. The van der Waals surface area contributed by atoms with Crippen LogP contribution >= 0.6 is 15.9 Å². The molecule has 0 fully saturated rings. The molecule has 0 saturated carbocycles. The fourth-order valence-electron chi connectivity index (χ4n) is 0.918. The summed E-state index contributed by atoms with van der Waals surface area (Å²) in [5, 5.41) is 0. The highest BCUT2D eigenvalue weighted by molar-refractivity contribution is 9.10. The highest BCUT2D eigenvalue weighted by Crippen LogP contribution is 2.13. The lowest BCUT2D eigenvalue weighted by molar-refractivity contribution is -0.136. The summed E-state index contributed by atoms with van der Waals surface area (Å²) in [6.07, 6.45) is 4.09. The van der Waals surface area contributed by atoms with E-state index in [4.69, 9.17) is 10.5 Å². The fourth-order valence-corrected chi connectivity index (χ4v) is 1.12. The number of nitrogens with zero attached hydrogens (tertiary/aromatic N) is 2. The molecule has 1 aromatic heterocycles. The minimum Gasteiger partial charge on any atom is -0.462 e. The first kappa shape index (κ1) is 11.6. The number of nitrogens with two attached hydrogens (primary N) is 1. The van der Waals surface area contributed by atoms with Gasteiger partial charge in [0.05, 0.1) is 24.7 Å². The summed E-state index contributed by atoms with van der Waals surface area (Å²) in [5.74, 6) is -0.503. The van der Waals surface area contributed by atoms with Crippen molar-refractivity contribution in [1.29, 1.82) is 0 Å². The molecule has 80 valence electrons. The maximum atomic E-state index is 11.4. The SMILES string of the molecule is CCOC(=O)C(=CN)c1cnc(Br)cn1. The number of aromatic nitrogens is 2. The molecule has 1 aromatic rings. The summed E-state index contributed by atoms with van der Waals surface area (Å²) < 4.78 is 5.40. The lowest BCUT2D eigenvalue weighted by atomic mass is 10.2. The van der Waals surface area contributed by atoms with E-state index in [2.05, 4.69) is 25.9 Å². The monoisotopic (exact) mass is 271 g/mol. The molecule has 0 spiro atoms. The second-order valence-electron chi connectivity index (χ2n) is 2.53. The molecule has 0 saturated heterocycles. The maximum Gasteiger partial charge on any atom is 0.341 e. The summed E-state index contributed by atoms with van der Waals surface area (Å²) in [7, 11) is 0. The van der Waals surface area contributed by atoms with Gasteiger partial charge in [-0.3, -0.25) is 4.98 Å². The van der Waals surface area contributed by atoms with Crippen molar-refractivity contribution in [3.63, 3.8) is 0 Å². The standard InChI is InChI=1S/C9H10BrN3O2/c1-2-15-9(14)6(3-11)7-4-13-8(10)5-12-7/h3-5H,2,11H2,1H3. The molecule has 2 N–H and O–H groups in total. The van der Waals surface area contributed by atoms with Gasteiger partial charge in [-0.15, -0.1) is 0 Å². The summed E-state index contributed by atoms with van der Waals surface area (Å²) in [4.78, 5) is 19.3. The zero-order valence-corrected chi connectivity index (χ0v) is 9.69. The first-order chi connectivity index (χ1) is 7.19. The van der Waals surface area contributed by atoms with Crippen molar-refractivity contribution in [1.82, 2.24) is 9.97 Å². The van der Waals surface area contributed by atoms with E-state index in [-0.39, 0.29) is 5.57 Å². The zero-order chi connectivity index (χ0) is 11.3. The lowest BCUT2D eigenvalue weighted by Gasteiger charge is -2.04. The van der Waals surface area contributed by atoms with Crippen LogP contribution in [0.15, 0.2) is 23.2 Å². The zero-order valence-electron chi connectivity index (χ0n) is 8.11. The number of carbonyl (C=O) groups is 1. The molecule has 0 radical (unpaired) electrons. The first-order valence-corrected chi connectivity index (χ1v) is 5.05. The minimum atomic E-state index is -0.503. The largest absolute Gasteiger partial charge is 0.462 e. The van der Waals surface area contributed by atoms with Crippen LogP contribution in [0.5, 0.6) is 0 Å². The third kappa shape index (κ3) is 3.02. The number of hydrogen-bond donors (Lipinski definition) is 1. The van der Waals surface area contributed by atoms with Crippen molar-refractivity contribution in [2.75, 3.05) is 6.61 Å². The Hall–Kier alpha value is -1.43. The molecule has 0 bridgehead atoms. The van der Waals surface area contributed by atoms with Crippen molar-refractivity contribution < 1.29 is 9.53 Å². The van der Waals surface area contributed by atoms with Gasteiger partial charge < -0.3 is 10.5 Å². The van der Waals surface area contributed by atoms with E-state index in [0.29, 0.717) is 16.9 Å². The van der Waals surface area contributed by atoms with Gasteiger partial charge in [0, 0.05) is 6.20 Å². The summed E-state index contributed by atoms with van der Waals surface area (Å²) in [6, 6.07) is 0. The van der Waals surface area contributed by atoms with Gasteiger partial charge in [-0.25, -0.2) is 9.78 Å². The van der Waals surface area contributed by atoms with Gasteiger partial charge in [0.2, 0.25) is 0 Å². The molecule has 6 heteroatoms. The van der Waals surface area contributed by atoms with Gasteiger partial charge in [-0.1, -0.05) is 0 Å². The highest BCUT2D eigenvalue weighted by Gasteiger charge is 2.13. The average molecular weight is 272 g/mol. The van der Waals surface area contributed by atoms with Crippen LogP contribution in [-0.2, 0) is 9.53 Å². The Morgan fingerprint density at radius 3 is 2.80 bits per heavy atom. The first-order valence-electron chi connectivity index (χ1n) is 4.26. The van der Waals surface area contributed by atoms with E-state index in [1.54, 1.807) is 6.92 Å². The molecule has 0 aliphatic rings. The van der Waals surface area contributed by atoms with Gasteiger partial charge >= 0.3 is 5.97 Å². The van der Waals surface area contributed by atoms with Gasteiger partial charge in [-0.05, 0) is 22.9 Å². The van der Waals surface area contributed by atoms with Crippen molar-refractivity contribution in [3.8, 4) is 0 Å². The molecule has 0 aliphatic heterocycles. The van der Waals surface area contributed by atoms with Gasteiger partial charge in [0.15, 0.2) is 0 Å². The topological polar surface area (TPSA) is 78.1 Å². The number of esters is 1. The number of carbonyl (C=O) groups excluding carboxylic acids is 1. The van der Waals surface area contributed by atoms with Gasteiger partial charge in [0.25, 0.3) is 0 Å². The van der Waals surface area contributed by atoms with Crippen molar-refractivity contribution in [2.24, 2.45) is 5.73 Å². The van der Waals surface area contributed by atoms with Gasteiger partial charge in [0.1, 0.15) is 10.2 Å². The fraction of sp³-hybridized carbons (Fsp3) is 0.222. The third-order valence-electron chi connectivity index (χ3n) is 1.56. The summed E-state index contributed by atoms with van der Waals surface area (Å²) in [5.41, 5.74) is 5.93. The maximum absolute atomic E-state index is 11.4. The predicted octanol–water partition coefficient (Wildman–Crippen LogP) is 1.10. The molecule has 15 heavy (non-hydrogen) atoms. The van der Waals surface area contributed by atoms with E-state index in [1.807, 2.05) is 0 Å². The number of ether oxygens (including phenoxy) is 1. The Bertz CT molecular complexity index is 375. The van der Waals surface area contributed by atoms with Crippen LogP contribution in [0.1, 0.15) is 12.6 Å². The molecule has 0 amide bonds. The normalized spacial score (nSPS) is 11.2. The van der Waals surface area contributed by atoms with Crippen LogP contribution in [0.2, 0.25) is 0 Å². The van der Waals surface area contributed by atoms with E-state index in [1.165, 1.54) is 12.4 Å².